The van der Waals surface area contributed by atoms with E-state index in [4.69, 9.17) is 16.3 Å². The fraction of sp³-hybridized carbons (Fsp3) is 0.474. The molecule has 3 rings (SSSR count). The third-order valence-electron chi connectivity index (χ3n) is 5.17. The van der Waals surface area contributed by atoms with Gasteiger partial charge in [-0.25, -0.2) is 8.42 Å². The molecule has 0 amide bonds. The number of fused-ring (bicyclic) bond motifs is 1. The molecule has 1 aliphatic rings. The highest BCUT2D eigenvalue weighted by molar-refractivity contribution is 7.89. The highest BCUT2D eigenvalue weighted by Crippen LogP contribution is 2.39. The second-order valence-corrected chi connectivity index (χ2v) is 9.45. The van der Waals surface area contributed by atoms with Crippen LogP contribution < -0.4 is 0 Å². The molecule has 12 heteroatoms. The molecular formula is C19H21ClF3N3O4S. The van der Waals surface area contributed by atoms with Crippen LogP contribution in [0.4, 0.5) is 13.2 Å². The first-order valence-corrected chi connectivity index (χ1v) is 11.3. The molecule has 0 saturated carbocycles. The van der Waals surface area contributed by atoms with E-state index in [-0.39, 0.29) is 13.2 Å². The van der Waals surface area contributed by atoms with Gasteiger partial charge < -0.3 is 4.74 Å². The number of nitrogens with zero attached hydrogens (tertiary/aromatic N) is 3. The van der Waals surface area contributed by atoms with E-state index in [1.807, 2.05) is 0 Å². The smallest absolute Gasteiger partial charge is 0.416 e. The van der Waals surface area contributed by atoms with Crippen molar-refractivity contribution in [3.05, 3.63) is 46.2 Å². The second-order valence-electron chi connectivity index (χ2n) is 7.08. The molecule has 1 aliphatic carbocycles. The molecule has 1 aromatic carbocycles. The number of hydrogen-bond acceptors (Lipinski definition) is 5. The van der Waals surface area contributed by atoms with Crippen LogP contribution in [0.25, 0.3) is 0 Å². The highest BCUT2D eigenvalue weighted by Gasteiger charge is 2.37. The number of carbonyl (C=O) groups is 1. The molecule has 2 aromatic rings. The molecule has 0 saturated heterocycles. The number of aromatic nitrogens is 2. The lowest BCUT2D eigenvalue weighted by Gasteiger charge is -2.31. The van der Waals surface area contributed by atoms with Gasteiger partial charge in [-0.15, -0.1) is 0 Å². The molecule has 0 aliphatic heterocycles. The van der Waals surface area contributed by atoms with Crippen molar-refractivity contribution in [2.24, 2.45) is 0 Å². The van der Waals surface area contributed by atoms with Crippen molar-refractivity contribution in [3.8, 4) is 0 Å². The summed E-state index contributed by atoms with van der Waals surface area (Å²) in [6.45, 7) is 1.84. The Hall–Kier alpha value is -2.11. The molecule has 1 atom stereocenters. The Morgan fingerprint density at radius 2 is 2.10 bits per heavy atom. The monoisotopic (exact) mass is 479 g/mol. The van der Waals surface area contributed by atoms with Gasteiger partial charge in [0.2, 0.25) is 10.0 Å². The molecular weight excluding hydrogens is 459 g/mol. The summed E-state index contributed by atoms with van der Waals surface area (Å²) in [6.07, 6.45) is -1.37. The average molecular weight is 480 g/mol. The number of ether oxygens (including phenoxy) is 1. The van der Waals surface area contributed by atoms with Gasteiger partial charge in [0.15, 0.2) is 0 Å². The Labute approximate surface area is 182 Å². The van der Waals surface area contributed by atoms with Crippen molar-refractivity contribution >= 4 is 27.6 Å². The predicted octanol–water partition coefficient (Wildman–Crippen LogP) is 3.82. The quantitative estimate of drug-likeness (QED) is 0.588. The molecule has 0 unspecified atom stereocenters. The SMILES string of the molecule is CCOC(=O)Cn1ncc2c1CCC[C@H]2N(C)S(=O)(=O)c1ccc(C(F)(F)F)cc1Cl. The third kappa shape index (κ3) is 4.73. The zero-order chi connectivity index (χ0) is 23.0. The summed E-state index contributed by atoms with van der Waals surface area (Å²) >= 11 is 5.92. The van der Waals surface area contributed by atoms with E-state index in [1.165, 1.54) is 17.9 Å². The zero-order valence-corrected chi connectivity index (χ0v) is 18.4. The number of benzene rings is 1. The van der Waals surface area contributed by atoms with Gasteiger partial charge in [0.1, 0.15) is 11.4 Å². The lowest BCUT2D eigenvalue weighted by Crippen LogP contribution is -2.33. The molecule has 1 aromatic heterocycles. The Morgan fingerprint density at radius 1 is 1.39 bits per heavy atom. The molecule has 31 heavy (non-hydrogen) atoms. The van der Waals surface area contributed by atoms with E-state index in [0.717, 1.165) is 16.1 Å². The first-order valence-electron chi connectivity index (χ1n) is 9.51. The Morgan fingerprint density at radius 3 is 2.71 bits per heavy atom. The summed E-state index contributed by atoms with van der Waals surface area (Å²) in [5, 5.41) is 3.70. The maximum Gasteiger partial charge on any atom is 0.416 e. The first kappa shape index (κ1) is 23.6. The minimum atomic E-state index is -4.64. The Balaban J connectivity index is 1.91. The number of sulfonamides is 1. The number of halogens is 4. The molecule has 1 heterocycles. The molecule has 170 valence electrons. The molecule has 7 nitrogen and oxygen atoms in total. The van der Waals surface area contributed by atoms with Crippen LogP contribution in [0.3, 0.4) is 0 Å². The van der Waals surface area contributed by atoms with Crippen molar-refractivity contribution in [2.45, 2.75) is 49.8 Å². The number of rotatable bonds is 6. The maximum atomic E-state index is 13.2. The third-order valence-corrected chi connectivity index (χ3v) is 7.52. The summed E-state index contributed by atoms with van der Waals surface area (Å²) in [4.78, 5) is 11.4. The van der Waals surface area contributed by atoms with Crippen molar-refractivity contribution in [3.63, 3.8) is 0 Å². The number of carbonyl (C=O) groups excluding carboxylic acids is 1. The van der Waals surface area contributed by atoms with Crippen molar-refractivity contribution in [2.75, 3.05) is 13.7 Å². The van der Waals surface area contributed by atoms with Crippen LogP contribution in [0.15, 0.2) is 29.3 Å². The fourth-order valence-electron chi connectivity index (χ4n) is 3.65. The van der Waals surface area contributed by atoms with Crippen LogP contribution in [0.1, 0.15) is 42.6 Å². The normalized spacial score (nSPS) is 16.9. The first-order chi connectivity index (χ1) is 14.5. The summed E-state index contributed by atoms with van der Waals surface area (Å²) < 4.78 is 72.5. The Kier molecular flexibility index (Phi) is 6.68. The summed E-state index contributed by atoms with van der Waals surface area (Å²) in [5.74, 6) is -0.451. The topological polar surface area (TPSA) is 81.5 Å². The Bertz CT molecular complexity index is 1090. The predicted molar refractivity (Wildman–Crippen MR) is 106 cm³/mol. The van der Waals surface area contributed by atoms with Crippen LogP contribution in [0.5, 0.6) is 0 Å². The fourth-order valence-corrected chi connectivity index (χ4v) is 5.53. The highest BCUT2D eigenvalue weighted by atomic mass is 35.5. The van der Waals surface area contributed by atoms with E-state index >= 15 is 0 Å². The van der Waals surface area contributed by atoms with E-state index in [1.54, 1.807) is 6.92 Å². The molecule has 0 bridgehead atoms. The van der Waals surface area contributed by atoms with Crippen LogP contribution in [-0.4, -0.2) is 42.1 Å². The zero-order valence-electron chi connectivity index (χ0n) is 16.8. The van der Waals surface area contributed by atoms with Gasteiger partial charge in [-0.2, -0.15) is 22.6 Å². The van der Waals surface area contributed by atoms with E-state index in [2.05, 4.69) is 5.10 Å². The van der Waals surface area contributed by atoms with Gasteiger partial charge >= 0.3 is 12.1 Å². The van der Waals surface area contributed by atoms with Gasteiger partial charge in [0, 0.05) is 18.3 Å². The van der Waals surface area contributed by atoms with Gasteiger partial charge in [0.25, 0.3) is 0 Å². The van der Waals surface area contributed by atoms with Gasteiger partial charge in [0.05, 0.1) is 29.4 Å². The van der Waals surface area contributed by atoms with Crippen LogP contribution in [0, 0.1) is 0 Å². The number of hydrogen-bond donors (Lipinski definition) is 0. The molecule has 0 fully saturated rings. The standard InChI is InChI=1S/C19H21ClF3N3O4S/c1-3-30-18(27)11-26-16-6-4-5-15(13(16)10-24-26)25(2)31(28,29)17-8-7-12(9-14(17)20)19(21,22)23/h7-10,15H,3-6,11H2,1-2H3/t15-/m1/s1. The number of alkyl halides is 3. The molecule has 0 radical (unpaired) electrons. The van der Waals surface area contributed by atoms with Gasteiger partial charge in [-0.3, -0.25) is 9.48 Å². The van der Waals surface area contributed by atoms with E-state index in [0.29, 0.717) is 37.0 Å². The minimum absolute atomic E-state index is 0.0862. The summed E-state index contributed by atoms with van der Waals surface area (Å²) in [5.41, 5.74) is 0.342. The van der Waals surface area contributed by atoms with E-state index in [9.17, 15) is 26.4 Å². The van der Waals surface area contributed by atoms with Crippen molar-refractivity contribution < 1.29 is 31.1 Å². The second kappa shape index (κ2) is 8.79. The average Bonchev–Trinajstić information content (AvgIpc) is 3.09. The van der Waals surface area contributed by atoms with Gasteiger partial charge in [-0.1, -0.05) is 11.6 Å². The van der Waals surface area contributed by atoms with Crippen LogP contribution >= 0.6 is 11.6 Å². The summed E-state index contributed by atoms with van der Waals surface area (Å²) in [6, 6.07) is 1.57. The summed E-state index contributed by atoms with van der Waals surface area (Å²) in [7, 11) is -2.84. The maximum absolute atomic E-state index is 13.2. The lowest BCUT2D eigenvalue weighted by atomic mass is 9.93. The van der Waals surface area contributed by atoms with Crippen LogP contribution in [-0.2, 0) is 38.7 Å². The minimum Gasteiger partial charge on any atom is -0.465 e. The lowest BCUT2D eigenvalue weighted by molar-refractivity contribution is -0.144. The van der Waals surface area contributed by atoms with Crippen molar-refractivity contribution in [1.29, 1.82) is 0 Å². The largest absolute Gasteiger partial charge is 0.465 e. The van der Waals surface area contributed by atoms with Crippen molar-refractivity contribution in [1.82, 2.24) is 14.1 Å². The molecule has 0 N–H and O–H groups in total. The van der Waals surface area contributed by atoms with Gasteiger partial charge in [-0.05, 0) is 44.4 Å². The van der Waals surface area contributed by atoms with Crippen LogP contribution in [0.2, 0.25) is 5.02 Å². The van der Waals surface area contributed by atoms with E-state index < -0.39 is 43.7 Å². The molecule has 0 spiro atoms. The number of esters is 1.